The summed E-state index contributed by atoms with van der Waals surface area (Å²) in [4.78, 5) is 19.4. The molecule has 1 aromatic heterocycles. The predicted octanol–water partition coefficient (Wildman–Crippen LogP) is 0.401. The van der Waals surface area contributed by atoms with Crippen LogP contribution in [0.25, 0.3) is 0 Å². The van der Waals surface area contributed by atoms with Crippen LogP contribution in [0.15, 0.2) is 12.3 Å². The van der Waals surface area contributed by atoms with Gasteiger partial charge in [-0.1, -0.05) is 0 Å². The van der Waals surface area contributed by atoms with Gasteiger partial charge in [0.15, 0.2) is 0 Å². The molecule has 5 nitrogen and oxygen atoms in total. The number of rotatable bonds is 6. The SMILES string of the molecule is CCNC(=O)CCNCc1ccnc(C)n1. The minimum atomic E-state index is 0.0777. The molecule has 1 aromatic rings. The van der Waals surface area contributed by atoms with Gasteiger partial charge in [-0.25, -0.2) is 9.97 Å². The van der Waals surface area contributed by atoms with Crippen LogP contribution in [0.4, 0.5) is 0 Å². The highest BCUT2D eigenvalue weighted by Gasteiger charge is 1.99. The van der Waals surface area contributed by atoms with E-state index in [2.05, 4.69) is 20.6 Å². The quantitative estimate of drug-likeness (QED) is 0.684. The first-order chi connectivity index (χ1) is 7.72. The number of carbonyl (C=O) groups excluding carboxylic acids is 1. The van der Waals surface area contributed by atoms with Crippen LogP contribution in [0.5, 0.6) is 0 Å². The van der Waals surface area contributed by atoms with Crippen LogP contribution in [0, 0.1) is 6.92 Å². The van der Waals surface area contributed by atoms with Crippen molar-refractivity contribution in [2.75, 3.05) is 13.1 Å². The minimum absolute atomic E-state index is 0.0777. The zero-order chi connectivity index (χ0) is 11.8. The average Bonchev–Trinajstić information content (AvgIpc) is 2.25. The molecule has 1 rings (SSSR count). The van der Waals surface area contributed by atoms with Gasteiger partial charge < -0.3 is 10.6 Å². The second kappa shape index (κ2) is 6.90. The smallest absolute Gasteiger partial charge is 0.221 e. The molecule has 2 N–H and O–H groups in total. The van der Waals surface area contributed by atoms with Crippen molar-refractivity contribution in [1.82, 2.24) is 20.6 Å². The van der Waals surface area contributed by atoms with E-state index in [0.29, 0.717) is 26.1 Å². The van der Waals surface area contributed by atoms with E-state index >= 15 is 0 Å². The maximum Gasteiger partial charge on any atom is 0.221 e. The Morgan fingerprint density at radius 1 is 1.50 bits per heavy atom. The summed E-state index contributed by atoms with van der Waals surface area (Å²) in [5, 5.41) is 5.92. The molecular weight excluding hydrogens is 204 g/mol. The first-order valence-electron chi connectivity index (χ1n) is 5.48. The van der Waals surface area contributed by atoms with Gasteiger partial charge in [0.05, 0.1) is 5.69 Å². The monoisotopic (exact) mass is 222 g/mol. The first kappa shape index (κ1) is 12.6. The number of carbonyl (C=O) groups is 1. The van der Waals surface area contributed by atoms with Gasteiger partial charge in [-0.15, -0.1) is 0 Å². The lowest BCUT2D eigenvalue weighted by molar-refractivity contribution is -0.120. The lowest BCUT2D eigenvalue weighted by Gasteiger charge is -2.04. The fourth-order valence-electron chi connectivity index (χ4n) is 1.31. The van der Waals surface area contributed by atoms with Crippen LogP contribution in [-0.4, -0.2) is 29.0 Å². The number of nitrogens with one attached hydrogen (secondary N) is 2. The molecule has 0 aliphatic carbocycles. The van der Waals surface area contributed by atoms with Crippen LogP contribution in [0.1, 0.15) is 24.9 Å². The van der Waals surface area contributed by atoms with Crippen LogP contribution in [-0.2, 0) is 11.3 Å². The Morgan fingerprint density at radius 2 is 2.31 bits per heavy atom. The Labute approximate surface area is 95.7 Å². The van der Waals surface area contributed by atoms with Gasteiger partial charge >= 0.3 is 0 Å². The lowest BCUT2D eigenvalue weighted by Crippen LogP contribution is -2.27. The molecule has 0 atom stereocenters. The van der Waals surface area contributed by atoms with Gasteiger partial charge in [0.1, 0.15) is 5.82 Å². The molecule has 1 amide bonds. The maximum atomic E-state index is 11.1. The van der Waals surface area contributed by atoms with E-state index in [-0.39, 0.29) is 5.91 Å². The number of hydrogen-bond donors (Lipinski definition) is 2. The molecule has 0 saturated heterocycles. The normalized spacial score (nSPS) is 10.1. The van der Waals surface area contributed by atoms with E-state index in [1.165, 1.54) is 0 Å². The molecule has 0 aliphatic heterocycles. The first-order valence-corrected chi connectivity index (χ1v) is 5.48. The van der Waals surface area contributed by atoms with Crippen molar-refractivity contribution in [2.24, 2.45) is 0 Å². The number of nitrogens with zero attached hydrogens (tertiary/aromatic N) is 2. The highest BCUT2D eigenvalue weighted by Crippen LogP contribution is 1.93. The summed E-state index contributed by atoms with van der Waals surface area (Å²) in [6.45, 7) is 5.79. The van der Waals surface area contributed by atoms with E-state index < -0.39 is 0 Å². The van der Waals surface area contributed by atoms with Gasteiger partial charge in [-0.3, -0.25) is 4.79 Å². The van der Waals surface area contributed by atoms with Crippen molar-refractivity contribution in [3.8, 4) is 0 Å². The van der Waals surface area contributed by atoms with Crippen LogP contribution < -0.4 is 10.6 Å². The number of aromatic nitrogens is 2. The summed E-state index contributed by atoms with van der Waals surface area (Å²) >= 11 is 0. The van der Waals surface area contributed by atoms with E-state index in [1.54, 1.807) is 6.20 Å². The zero-order valence-electron chi connectivity index (χ0n) is 9.79. The molecule has 0 saturated carbocycles. The van der Waals surface area contributed by atoms with Crippen molar-refractivity contribution in [3.63, 3.8) is 0 Å². The topological polar surface area (TPSA) is 66.9 Å². The summed E-state index contributed by atoms with van der Waals surface area (Å²) in [6, 6.07) is 1.87. The second-order valence-corrected chi connectivity index (χ2v) is 3.48. The Kier molecular flexibility index (Phi) is 5.42. The van der Waals surface area contributed by atoms with Crippen LogP contribution >= 0.6 is 0 Å². The Balaban J connectivity index is 2.18. The fourth-order valence-corrected chi connectivity index (χ4v) is 1.31. The molecule has 0 radical (unpaired) electrons. The highest BCUT2D eigenvalue weighted by atomic mass is 16.1. The fraction of sp³-hybridized carbons (Fsp3) is 0.545. The van der Waals surface area contributed by atoms with Gasteiger partial charge in [-0.2, -0.15) is 0 Å². The van der Waals surface area contributed by atoms with Gasteiger partial charge in [0.2, 0.25) is 5.91 Å². The summed E-state index contributed by atoms with van der Waals surface area (Å²) < 4.78 is 0. The van der Waals surface area contributed by atoms with Gasteiger partial charge in [0, 0.05) is 32.3 Å². The van der Waals surface area contributed by atoms with Gasteiger partial charge in [-0.05, 0) is 19.9 Å². The average molecular weight is 222 g/mol. The predicted molar refractivity (Wildman–Crippen MR) is 61.8 cm³/mol. The number of aryl methyl sites for hydroxylation is 1. The summed E-state index contributed by atoms with van der Waals surface area (Å²) in [5.41, 5.74) is 0.948. The molecule has 88 valence electrons. The van der Waals surface area contributed by atoms with Crippen LogP contribution in [0.3, 0.4) is 0 Å². The Hall–Kier alpha value is -1.49. The third kappa shape index (κ3) is 4.84. The van der Waals surface area contributed by atoms with Crippen molar-refractivity contribution in [3.05, 3.63) is 23.8 Å². The third-order valence-electron chi connectivity index (χ3n) is 2.04. The summed E-state index contributed by atoms with van der Waals surface area (Å²) in [5.74, 6) is 0.844. The van der Waals surface area contributed by atoms with E-state index in [1.807, 2.05) is 19.9 Å². The highest BCUT2D eigenvalue weighted by molar-refractivity contribution is 5.75. The summed E-state index contributed by atoms with van der Waals surface area (Å²) in [7, 11) is 0. The van der Waals surface area contributed by atoms with E-state index in [0.717, 1.165) is 11.5 Å². The number of hydrogen-bond acceptors (Lipinski definition) is 4. The molecule has 5 heteroatoms. The van der Waals surface area contributed by atoms with Crippen molar-refractivity contribution in [2.45, 2.75) is 26.8 Å². The molecule has 0 bridgehead atoms. The largest absolute Gasteiger partial charge is 0.356 e. The molecule has 1 heterocycles. The molecule has 16 heavy (non-hydrogen) atoms. The Bertz CT molecular complexity index is 341. The molecule has 0 aliphatic rings. The lowest BCUT2D eigenvalue weighted by atomic mass is 10.3. The molecule has 0 unspecified atom stereocenters. The standard InChI is InChI=1S/C11H18N4O/c1-3-13-11(16)5-6-12-8-10-4-7-14-9(2)15-10/h4,7,12H,3,5-6,8H2,1-2H3,(H,13,16). The number of amides is 1. The zero-order valence-corrected chi connectivity index (χ0v) is 9.79. The molecule has 0 spiro atoms. The minimum Gasteiger partial charge on any atom is -0.356 e. The maximum absolute atomic E-state index is 11.1. The van der Waals surface area contributed by atoms with E-state index in [9.17, 15) is 4.79 Å². The van der Waals surface area contributed by atoms with E-state index in [4.69, 9.17) is 0 Å². The second-order valence-electron chi connectivity index (χ2n) is 3.48. The van der Waals surface area contributed by atoms with Gasteiger partial charge in [0.25, 0.3) is 0 Å². The molecule has 0 aromatic carbocycles. The van der Waals surface area contributed by atoms with Crippen molar-refractivity contribution in [1.29, 1.82) is 0 Å². The van der Waals surface area contributed by atoms with Crippen molar-refractivity contribution < 1.29 is 4.79 Å². The molecule has 0 fully saturated rings. The Morgan fingerprint density at radius 3 is 3.00 bits per heavy atom. The van der Waals surface area contributed by atoms with Crippen LogP contribution in [0.2, 0.25) is 0 Å². The third-order valence-corrected chi connectivity index (χ3v) is 2.04. The van der Waals surface area contributed by atoms with Crippen molar-refractivity contribution >= 4 is 5.91 Å². The molecular formula is C11H18N4O. The summed E-state index contributed by atoms with van der Waals surface area (Å²) in [6.07, 6.45) is 2.24.